The normalized spacial score (nSPS) is 39.4. The van der Waals surface area contributed by atoms with Gasteiger partial charge >= 0.3 is 0 Å². The molecule has 2 unspecified atom stereocenters. The summed E-state index contributed by atoms with van der Waals surface area (Å²) in [5, 5.41) is 0. The third-order valence-electron chi connectivity index (χ3n) is 4.32. The molecular weight excluding hydrogens is 156 g/mol. The highest BCUT2D eigenvalue weighted by molar-refractivity contribution is 5.59. The zero-order chi connectivity index (χ0) is 8.41. The summed E-state index contributed by atoms with van der Waals surface area (Å²) >= 11 is 0. The van der Waals surface area contributed by atoms with Crippen LogP contribution in [0, 0.1) is 11.8 Å². The molecule has 4 bridgehead atoms. The van der Waals surface area contributed by atoms with Gasteiger partial charge < -0.3 is 0 Å². The molecule has 0 fully saturated rings. The summed E-state index contributed by atoms with van der Waals surface area (Å²) in [5.41, 5.74) is 7.13. The summed E-state index contributed by atoms with van der Waals surface area (Å²) in [6.07, 6.45) is 11.9. The van der Waals surface area contributed by atoms with E-state index in [4.69, 9.17) is 0 Å². The Morgan fingerprint density at radius 2 is 2.15 bits per heavy atom. The Balaban J connectivity index is 1.96. The standard InChI is InChI=1S/C13H14/c1-2-9-10(3-1)13-7-8-4-5-11(13)12(9)6-8/h4-5,8,12H,1-3,6-7H2. The molecule has 5 aliphatic rings. The molecule has 66 valence electrons. The minimum atomic E-state index is 0.885. The van der Waals surface area contributed by atoms with Crippen LogP contribution in [0.15, 0.2) is 34.4 Å². The summed E-state index contributed by atoms with van der Waals surface area (Å²) in [6.45, 7) is 0. The molecule has 5 aliphatic carbocycles. The Labute approximate surface area is 79.0 Å². The highest BCUT2D eigenvalue weighted by Gasteiger charge is 2.41. The van der Waals surface area contributed by atoms with Gasteiger partial charge in [0.1, 0.15) is 0 Å². The largest absolute Gasteiger partial charge is 0.0807 e. The minimum absolute atomic E-state index is 0.885. The molecule has 0 heteroatoms. The number of hydrogen-bond acceptors (Lipinski definition) is 0. The van der Waals surface area contributed by atoms with Crippen molar-refractivity contribution >= 4 is 0 Å². The average Bonchev–Trinajstić information content (AvgIpc) is 2.72. The summed E-state index contributed by atoms with van der Waals surface area (Å²) in [6, 6.07) is 0. The molecule has 0 nitrogen and oxygen atoms in total. The van der Waals surface area contributed by atoms with E-state index in [0.29, 0.717) is 0 Å². The van der Waals surface area contributed by atoms with Crippen molar-refractivity contribution in [2.24, 2.45) is 11.8 Å². The van der Waals surface area contributed by atoms with Crippen LogP contribution >= 0.6 is 0 Å². The van der Waals surface area contributed by atoms with Crippen LogP contribution < -0.4 is 0 Å². The first-order chi connectivity index (χ1) is 6.43. The second kappa shape index (κ2) is 2.00. The first kappa shape index (κ1) is 6.64. The van der Waals surface area contributed by atoms with Gasteiger partial charge in [-0.3, -0.25) is 0 Å². The molecule has 0 heterocycles. The van der Waals surface area contributed by atoms with Gasteiger partial charge in [0.25, 0.3) is 0 Å². The summed E-state index contributed by atoms with van der Waals surface area (Å²) < 4.78 is 0. The van der Waals surface area contributed by atoms with Crippen LogP contribution in [-0.4, -0.2) is 0 Å². The van der Waals surface area contributed by atoms with Crippen molar-refractivity contribution in [2.45, 2.75) is 32.1 Å². The molecule has 0 radical (unpaired) electrons. The maximum Gasteiger partial charge on any atom is 0.00625 e. The zero-order valence-corrected chi connectivity index (χ0v) is 7.84. The lowest BCUT2D eigenvalue weighted by Gasteiger charge is -2.31. The first-order valence-electron chi connectivity index (χ1n) is 5.57. The van der Waals surface area contributed by atoms with E-state index < -0.39 is 0 Å². The van der Waals surface area contributed by atoms with Crippen molar-refractivity contribution in [3.63, 3.8) is 0 Å². The Kier molecular flexibility index (Phi) is 1.02. The lowest BCUT2D eigenvalue weighted by Crippen LogP contribution is -2.18. The molecule has 0 saturated carbocycles. The molecule has 5 rings (SSSR count). The molecule has 2 atom stereocenters. The SMILES string of the molecule is C1=CC2CC3=C1C(C2)C1=C3CCC1. The van der Waals surface area contributed by atoms with Gasteiger partial charge in [0.2, 0.25) is 0 Å². The fraction of sp³-hybridized carbons (Fsp3) is 0.538. The van der Waals surface area contributed by atoms with Gasteiger partial charge in [0, 0.05) is 5.92 Å². The van der Waals surface area contributed by atoms with Gasteiger partial charge in [0.15, 0.2) is 0 Å². The molecular formula is C13H14. The van der Waals surface area contributed by atoms with Gasteiger partial charge in [-0.1, -0.05) is 17.7 Å². The number of rotatable bonds is 0. The van der Waals surface area contributed by atoms with Crippen LogP contribution in [0.2, 0.25) is 0 Å². The van der Waals surface area contributed by atoms with Crippen LogP contribution in [0.4, 0.5) is 0 Å². The molecule has 0 aromatic heterocycles. The average molecular weight is 170 g/mol. The van der Waals surface area contributed by atoms with E-state index in [0.717, 1.165) is 11.8 Å². The molecule has 0 N–H and O–H groups in total. The van der Waals surface area contributed by atoms with Gasteiger partial charge in [0.05, 0.1) is 0 Å². The third kappa shape index (κ3) is 0.653. The number of hydrogen-bond donors (Lipinski definition) is 0. The van der Waals surface area contributed by atoms with Crippen LogP contribution in [-0.2, 0) is 0 Å². The van der Waals surface area contributed by atoms with Gasteiger partial charge in [-0.25, -0.2) is 0 Å². The quantitative estimate of drug-likeness (QED) is 0.523. The third-order valence-corrected chi connectivity index (χ3v) is 4.32. The summed E-state index contributed by atoms with van der Waals surface area (Å²) in [5.74, 6) is 1.78. The van der Waals surface area contributed by atoms with E-state index in [1.165, 1.54) is 32.1 Å². The lowest BCUT2D eigenvalue weighted by atomic mass is 9.73. The molecule has 0 aromatic rings. The van der Waals surface area contributed by atoms with Gasteiger partial charge in [-0.2, -0.15) is 0 Å². The van der Waals surface area contributed by atoms with Crippen molar-refractivity contribution in [3.05, 3.63) is 34.4 Å². The molecule has 0 aromatic carbocycles. The molecule has 0 spiro atoms. The first-order valence-corrected chi connectivity index (χ1v) is 5.57. The smallest absolute Gasteiger partial charge is 0.00625 e. The fourth-order valence-corrected chi connectivity index (χ4v) is 3.83. The topological polar surface area (TPSA) is 0 Å². The highest BCUT2D eigenvalue weighted by atomic mass is 14.5. The predicted octanol–water partition coefficient (Wildman–Crippen LogP) is 3.37. The van der Waals surface area contributed by atoms with E-state index in [-0.39, 0.29) is 0 Å². The molecule has 0 saturated heterocycles. The lowest BCUT2D eigenvalue weighted by molar-refractivity contribution is 0.467. The van der Waals surface area contributed by atoms with Crippen molar-refractivity contribution in [2.75, 3.05) is 0 Å². The second-order valence-electron chi connectivity index (χ2n) is 4.90. The Bertz CT molecular complexity index is 379. The monoisotopic (exact) mass is 170 g/mol. The second-order valence-corrected chi connectivity index (χ2v) is 4.90. The van der Waals surface area contributed by atoms with E-state index in [1.54, 1.807) is 16.7 Å². The molecule has 13 heavy (non-hydrogen) atoms. The van der Waals surface area contributed by atoms with Crippen molar-refractivity contribution in [3.8, 4) is 0 Å². The van der Waals surface area contributed by atoms with Crippen LogP contribution in [0.25, 0.3) is 0 Å². The van der Waals surface area contributed by atoms with E-state index >= 15 is 0 Å². The summed E-state index contributed by atoms with van der Waals surface area (Å²) in [4.78, 5) is 0. The van der Waals surface area contributed by atoms with Crippen molar-refractivity contribution in [1.29, 1.82) is 0 Å². The Morgan fingerprint density at radius 1 is 1.15 bits per heavy atom. The van der Waals surface area contributed by atoms with Crippen LogP contribution in [0.1, 0.15) is 32.1 Å². The molecule has 0 aliphatic heterocycles. The van der Waals surface area contributed by atoms with Gasteiger partial charge in [-0.15, -0.1) is 0 Å². The van der Waals surface area contributed by atoms with E-state index in [9.17, 15) is 0 Å². The van der Waals surface area contributed by atoms with Crippen molar-refractivity contribution in [1.82, 2.24) is 0 Å². The maximum atomic E-state index is 2.44. The van der Waals surface area contributed by atoms with Crippen LogP contribution in [0.3, 0.4) is 0 Å². The van der Waals surface area contributed by atoms with Gasteiger partial charge in [-0.05, 0) is 54.7 Å². The Hall–Kier alpha value is -0.780. The number of allylic oxidation sites excluding steroid dienone is 6. The van der Waals surface area contributed by atoms with E-state index in [1.807, 2.05) is 5.57 Å². The van der Waals surface area contributed by atoms with Crippen molar-refractivity contribution < 1.29 is 0 Å². The molecule has 0 amide bonds. The zero-order valence-electron chi connectivity index (χ0n) is 7.84. The van der Waals surface area contributed by atoms with E-state index in [2.05, 4.69) is 12.2 Å². The highest BCUT2D eigenvalue weighted by Crippen LogP contribution is 2.56. The Morgan fingerprint density at radius 3 is 3.08 bits per heavy atom. The maximum absolute atomic E-state index is 2.44. The summed E-state index contributed by atoms with van der Waals surface area (Å²) in [7, 11) is 0. The fourth-order valence-electron chi connectivity index (χ4n) is 3.83. The van der Waals surface area contributed by atoms with Crippen LogP contribution in [0.5, 0.6) is 0 Å². The minimum Gasteiger partial charge on any atom is -0.0807 e. The predicted molar refractivity (Wildman–Crippen MR) is 53.3 cm³/mol.